The van der Waals surface area contributed by atoms with Crippen molar-refractivity contribution >= 4 is 31.3 Å². The zero-order valence-electron chi connectivity index (χ0n) is 27.3. The third-order valence-corrected chi connectivity index (χ3v) is 14.0. The van der Waals surface area contributed by atoms with E-state index in [1.165, 1.54) is 0 Å². The van der Waals surface area contributed by atoms with Crippen LogP contribution in [0.4, 0.5) is 4.79 Å². The van der Waals surface area contributed by atoms with E-state index in [1.54, 1.807) is 0 Å². The van der Waals surface area contributed by atoms with Gasteiger partial charge in [-0.1, -0.05) is 93.6 Å². The van der Waals surface area contributed by atoms with Gasteiger partial charge in [-0.2, -0.15) is 0 Å². The molecule has 45 heavy (non-hydrogen) atoms. The smallest absolute Gasteiger partial charge is 0.407 e. The maximum absolute atomic E-state index is 13.5. The summed E-state index contributed by atoms with van der Waals surface area (Å²) < 4.78 is 14.8. The zero-order chi connectivity index (χ0) is 32.7. The summed E-state index contributed by atoms with van der Waals surface area (Å²) in [5, 5.41) is 14.0. The molecule has 4 aromatic rings. The van der Waals surface area contributed by atoms with E-state index < -0.39 is 38.1 Å². The fourth-order valence-electron chi connectivity index (χ4n) is 5.85. The van der Waals surface area contributed by atoms with Gasteiger partial charge in [-0.3, -0.25) is 0 Å². The number of alkyl carbamates (subject to hydrolysis) is 1. The Morgan fingerprint density at radius 1 is 0.956 bits per heavy atom. The molecular formula is C37H44N2O5Si. The summed E-state index contributed by atoms with van der Waals surface area (Å²) in [5.41, 5.74) is 5.55. The minimum absolute atomic E-state index is 0.0762. The van der Waals surface area contributed by atoms with Crippen molar-refractivity contribution in [3.63, 3.8) is 0 Å². The second-order valence-corrected chi connectivity index (χ2v) is 18.7. The minimum atomic E-state index is -2.55. The van der Waals surface area contributed by atoms with Crippen molar-refractivity contribution in [3.8, 4) is 11.1 Å². The number of ether oxygens (including phenoxy) is 1. The van der Waals surface area contributed by atoms with Crippen molar-refractivity contribution in [2.24, 2.45) is 0 Å². The number of allylic oxidation sites excluding steroid dienone is 1. The molecule has 0 unspecified atom stereocenters. The normalized spacial score (nSPS) is 14.8. The molecule has 0 aliphatic heterocycles. The number of carbonyl (C=O) groups is 2. The molecule has 1 aliphatic rings. The van der Waals surface area contributed by atoms with Crippen LogP contribution in [-0.2, 0) is 19.5 Å². The number of para-hydroxylation sites is 1. The minimum Gasteiger partial charge on any atom is -0.480 e. The molecule has 0 bridgehead atoms. The van der Waals surface area contributed by atoms with E-state index in [-0.39, 0.29) is 17.6 Å². The number of benzene rings is 3. The molecule has 1 heterocycles. The molecule has 1 aromatic heterocycles. The summed E-state index contributed by atoms with van der Waals surface area (Å²) >= 11 is 0. The number of hydrogen-bond acceptors (Lipinski definition) is 4. The molecule has 0 saturated carbocycles. The van der Waals surface area contributed by atoms with E-state index >= 15 is 0 Å². The average Bonchev–Trinajstić information content (AvgIpc) is 3.54. The molecule has 5 rings (SSSR count). The van der Waals surface area contributed by atoms with Crippen LogP contribution in [-0.4, -0.2) is 42.7 Å². The van der Waals surface area contributed by atoms with Crippen LogP contribution in [0.3, 0.4) is 0 Å². The highest BCUT2D eigenvalue weighted by Crippen LogP contribution is 2.45. The zero-order valence-corrected chi connectivity index (χ0v) is 28.3. The first-order valence-corrected chi connectivity index (χ1v) is 18.3. The van der Waals surface area contributed by atoms with Gasteiger partial charge in [0.2, 0.25) is 0 Å². The van der Waals surface area contributed by atoms with Gasteiger partial charge < -0.3 is 24.2 Å². The van der Waals surface area contributed by atoms with E-state index in [4.69, 9.17) is 9.16 Å². The highest BCUT2D eigenvalue weighted by Gasteiger charge is 2.44. The molecule has 2 N–H and O–H groups in total. The molecular weight excluding hydrogens is 581 g/mol. The van der Waals surface area contributed by atoms with Gasteiger partial charge in [-0.15, -0.1) is 6.58 Å². The molecule has 1 aliphatic carbocycles. The number of carbonyl (C=O) groups excluding carboxylic acids is 1. The van der Waals surface area contributed by atoms with Crippen LogP contribution in [0.25, 0.3) is 22.0 Å². The van der Waals surface area contributed by atoms with Crippen LogP contribution in [0.5, 0.6) is 0 Å². The molecule has 236 valence electrons. The lowest BCUT2D eigenvalue weighted by Crippen LogP contribution is -2.51. The van der Waals surface area contributed by atoms with Crippen molar-refractivity contribution in [2.75, 3.05) is 6.61 Å². The Bertz CT molecular complexity index is 1700. The molecule has 8 heteroatoms. The van der Waals surface area contributed by atoms with Gasteiger partial charge in [0, 0.05) is 28.6 Å². The Morgan fingerprint density at radius 2 is 1.51 bits per heavy atom. The average molecular weight is 625 g/mol. The summed E-state index contributed by atoms with van der Waals surface area (Å²) in [7, 11) is -2.55. The second kappa shape index (κ2) is 12.0. The number of amides is 1. The first-order chi connectivity index (χ1) is 21.2. The molecule has 0 radical (unpaired) electrons. The quantitative estimate of drug-likeness (QED) is 0.136. The topological polar surface area (TPSA) is 89.8 Å². The highest BCUT2D eigenvalue weighted by atomic mass is 28.4. The van der Waals surface area contributed by atoms with E-state index in [1.807, 2.05) is 86.8 Å². The van der Waals surface area contributed by atoms with Crippen molar-refractivity contribution in [3.05, 3.63) is 108 Å². The van der Waals surface area contributed by atoms with Gasteiger partial charge in [0.1, 0.15) is 12.7 Å². The van der Waals surface area contributed by atoms with E-state index in [2.05, 4.69) is 62.5 Å². The molecule has 3 aromatic carbocycles. The molecule has 2 atom stereocenters. The number of carboxylic acids is 1. The molecule has 0 spiro atoms. The first-order valence-electron chi connectivity index (χ1n) is 15.4. The maximum Gasteiger partial charge on any atom is 0.407 e. The number of carboxylic acid groups (broad SMARTS) is 1. The summed E-state index contributed by atoms with van der Waals surface area (Å²) in [4.78, 5) is 26.5. The summed E-state index contributed by atoms with van der Waals surface area (Å²) in [6.07, 6.45) is 2.02. The standard InChI is InChI=1S/C37H44N2O5Si/c1-9-37(5,6)39-22-29(28-20-14-15-21-31(28)39)33(44-45(7,8)36(2,3)4)32(34(40)41)38-35(42)43-23-30-26-18-12-10-16-24(26)25-17-11-13-19-27(25)30/h9-22,30,32-33H,1,23H2,2-8H3,(H,38,42)(H,40,41)/t32-,33+/m0/s1. The predicted octanol–water partition coefficient (Wildman–Crippen LogP) is 8.62. The van der Waals surface area contributed by atoms with Crippen LogP contribution in [0, 0.1) is 0 Å². The number of fused-ring (bicyclic) bond motifs is 4. The highest BCUT2D eigenvalue weighted by molar-refractivity contribution is 6.74. The largest absolute Gasteiger partial charge is 0.480 e. The Morgan fingerprint density at radius 3 is 2.07 bits per heavy atom. The van der Waals surface area contributed by atoms with Crippen LogP contribution < -0.4 is 5.32 Å². The van der Waals surface area contributed by atoms with Crippen LogP contribution in [0.2, 0.25) is 18.1 Å². The van der Waals surface area contributed by atoms with Gasteiger partial charge in [-0.25, -0.2) is 9.59 Å². The lowest BCUT2D eigenvalue weighted by atomic mass is 9.98. The van der Waals surface area contributed by atoms with E-state index in [0.29, 0.717) is 5.56 Å². The third kappa shape index (κ3) is 6.09. The van der Waals surface area contributed by atoms with E-state index in [0.717, 1.165) is 33.2 Å². The van der Waals surface area contributed by atoms with Gasteiger partial charge in [0.25, 0.3) is 0 Å². The van der Waals surface area contributed by atoms with Crippen LogP contribution in [0.15, 0.2) is 91.6 Å². The fraction of sp³-hybridized carbons (Fsp3) is 0.351. The number of aromatic nitrogens is 1. The van der Waals surface area contributed by atoms with Crippen molar-refractivity contribution in [2.45, 2.75) is 76.4 Å². The summed E-state index contributed by atoms with van der Waals surface area (Å²) in [6, 6.07) is 22.6. The molecule has 1 amide bonds. The van der Waals surface area contributed by atoms with Gasteiger partial charge >= 0.3 is 12.1 Å². The lowest BCUT2D eigenvalue weighted by Gasteiger charge is -2.40. The number of aliphatic carboxylic acids is 1. The SMILES string of the molecule is C=CC(C)(C)n1cc([C@@H](O[Si](C)(C)C(C)(C)C)[C@H](NC(=O)OCC2c3ccccc3-c3ccccc32)C(=O)O)c2ccccc21. The van der Waals surface area contributed by atoms with Gasteiger partial charge in [0.05, 0.1) is 5.54 Å². The first kappa shape index (κ1) is 32.3. The maximum atomic E-state index is 13.5. The molecule has 0 saturated heterocycles. The predicted molar refractivity (Wildman–Crippen MR) is 182 cm³/mol. The Labute approximate surface area is 267 Å². The van der Waals surface area contributed by atoms with Crippen LogP contribution >= 0.6 is 0 Å². The van der Waals surface area contributed by atoms with Crippen LogP contribution in [0.1, 0.15) is 63.3 Å². The van der Waals surface area contributed by atoms with Crippen molar-refractivity contribution in [1.29, 1.82) is 0 Å². The summed E-state index contributed by atoms with van der Waals surface area (Å²) in [6.45, 7) is 18.7. The monoisotopic (exact) mass is 624 g/mol. The molecule has 0 fully saturated rings. The fourth-order valence-corrected chi connectivity index (χ4v) is 7.10. The Kier molecular flexibility index (Phi) is 8.59. The summed E-state index contributed by atoms with van der Waals surface area (Å²) in [5.74, 6) is -1.35. The van der Waals surface area contributed by atoms with E-state index in [9.17, 15) is 14.7 Å². The Hall–Kier alpha value is -4.14. The lowest BCUT2D eigenvalue weighted by molar-refractivity contribution is -0.142. The number of nitrogens with zero attached hydrogens (tertiary/aromatic N) is 1. The molecule has 7 nitrogen and oxygen atoms in total. The number of hydrogen-bond donors (Lipinski definition) is 2. The van der Waals surface area contributed by atoms with Gasteiger partial charge in [-0.05, 0) is 60.3 Å². The number of nitrogens with one attached hydrogen (secondary N) is 1. The number of rotatable bonds is 10. The second-order valence-electron chi connectivity index (χ2n) is 13.9. The van der Waals surface area contributed by atoms with Crippen molar-refractivity contribution < 1.29 is 23.9 Å². The van der Waals surface area contributed by atoms with Crippen molar-refractivity contribution in [1.82, 2.24) is 9.88 Å². The third-order valence-electron chi connectivity index (χ3n) is 9.58. The van der Waals surface area contributed by atoms with Gasteiger partial charge in [0.15, 0.2) is 14.4 Å². The Balaban J connectivity index is 1.49.